The minimum atomic E-state index is -2.65. The Hall–Kier alpha value is -0.580. The summed E-state index contributed by atoms with van der Waals surface area (Å²) in [7, 11) is -2.65. The molecule has 0 spiro atoms. The van der Waals surface area contributed by atoms with Crippen LogP contribution < -0.4 is 5.73 Å². The molecular formula is C4H7NO3S. The van der Waals surface area contributed by atoms with Gasteiger partial charge in [0.25, 0.3) is 0 Å². The van der Waals surface area contributed by atoms with Gasteiger partial charge in [-0.05, 0) is 12.8 Å². The molecule has 1 rings (SSSR count). The Morgan fingerprint density at radius 2 is 1.89 bits per heavy atom. The van der Waals surface area contributed by atoms with Gasteiger partial charge in [-0.25, -0.2) is 8.42 Å². The number of amides is 1. The molecule has 0 bridgehead atoms. The summed E-state index contributed by atoms with van der Waals surface area (Å²) in [4.78, 5) is 10.4. The van der Waals surface area contributed by atoms with Gasteiger partial charge in [-0.3, -0.25) is 4.79 Å². The Labute approximate surface area is 54.0 Å². The lowest BCUT2D eigenvalue weighted by Gasteiger charge is -1.96. The van der Waals surface area contributed by atoms with E-state index in [-0.39, 0.29) is 0 Å². The number of carbonyl (C=O) groups is 1. The second kappa shape index (κ2) is 1.70. The van der Waals surface area contributed by atoms with Crippen molar-refractivity contribution in [3.8, 4) is 0 Å². The third kappa shape index (κ3) is 0.808. The van der Waals surface area contributed by atoms with Gasteiger partial charge in [0.15, 0.2) is 10.7 Å². The van der Waals surface area contributed by atoms with E-state index in [0.717, 1.165) is 0 Å². The molecule has 4 nitrogen and oxygen atoms in total. The van der Waals surface area contributed by atoms with Crippen molar-refractivity contribution < 1.29 is 13.2 Å². The van der Waals surface area contributed by atoms with Crippen LogP contribution in [0.5, 0.6) is 0 Å². The largest absolute Gasteiger partial charge is 0.368 e. The molecule has 1 aliphatic rings. The van der Waals surface area contributed by atoms with E-state index in [1.54, 1.807) is 0 Å². The van der Waals surface area contributed by atoms with Crippen LogP contribution in [0.25, 0.3) is 0 Å². The van der Waals surface area contributed by atoms with E-state index in [0.29, 0.717) is 12.8 Å². The molecule has 5 heteroatoms. The Kier molecular flexibility index (Phi) is 1.23. The van der Waals surface area contributed by atoms with Crippen molar-refractivity contribution in [1.82, 2.24) is 0 Å². The number of hydrogen-bond acceptors (Lipinski definition) is 3. The highest BCUT2D eigenvalue weighted by Crippen LogP contribution is 2.38. The summed E-state index contributed by atoms with van der Waals surface area (Å²) in [5, 5.41) is 0. The van der Waals surface area contributed by atoms with Crippen LogP contribution in [0, 0.1) is 0 Å². The van der Waals surface area contributed by atoms with Gasteiger partial charge in [0.05, 0.1) is 0 Å². The van der Waals surface area contributed by atoms with Gasteiger partial charge in [-0.1, -0.05) is 0 Å². The van der Waals surface area contributed by atoms with Gasteiger partial charge in [0, 0.05) is 0 Å². The summed E-state index contributed by atoms with van der Waals surface area (Å²) in [5.74, 6) is -0.710. The van der Waals surface area contributed by atoms with Crippen molar-refractivity contribution in [3.63, 3.8) is 0 Å². The molecule has 0 unspecified atom stereocenters. The fourth-order valence-electron chi connectivity index (χ4n) is 0.637. The SMILES string of the molecule is NC(=O)C1([SH](=O)=O)CC1. The highest BCUT2D eigenvalue weighted by Gasteiger charge is 2.52. The first kappa shape index (κ1) is 6.54. The number of carbonyl (C=O) groups excluding carboxylic acids is 1. The fraction of sp³-hybridized carbons (Fsp3) is 0.750. The van der Waals surface area contributed by atoms with Crippen LogP contribution in [0.1, 0.15) is 12.8 Å². The van der Waals surface area contributed by atoms with Crippen molar-refractivity contribution in [1.29, 1.82) is 0 Å². The lowest BCUT2D eigenvalue weighted by Crippen LogP contribution is -2.31. The second-order valence-corrected chi connectivity index (χ2v) is 3.52. The molecule has 0 saturated heterocycles. The molecule has 0 aromatic rings. The van der Waals surface area contributed by atoms with E-state index in [4.69, 9.17) is 5.73 Å². The second-order valence-electron chi connectivity index (χ2n) is 2.15. The van der Waals surface area contributed by atoms with Gasteiger partial charge in [-0.15, -0.1) is 0 Å². The maximum absolute atomic E-state index is 10.4. The minimum Gasteiger partial charge on any atom is -0.368 e. The maximum atomic E-state index is 10.4. The summed E-state index contributed by atoms with van der Waals surface area (Å²) in [6.45, 7) is 0. The Morgan fingerprint density at radius 3 is 1.89 bits per heavy atom. The quantitative estimate of drug-likeness (QED) is 0.475. The lowest BCUT2D eigenvalue weighted by atomic mass is 10.4. The summed E-state index contributed by atoms with van der Waals surface area (Å²) in [6, 6.07) is 0. The summed E-state index contributed by atoms with van der Waals surface area (Å²) < 4.78 is 19.4. The smallest absolute Gasteiger partial charge is 0.238 e. The number of nitrogens with two attached hydrogens (primary N) is 1. The predicted octanol–water partition coefficient (Wildman–Crippen LogP) is -1.38. The molecule has 0 radical (unpaired) electrons. The fourth-order valence-corrected chi connectivity index (χ4v) is 1.29. The monoisotopic (exact) mass is 149 g/mol. The summed E-state index contributed by atoms with van der Waals surface area (Å²) in [6.07, 6.45) is 0.808. The van der Waals surface area contributed by atoms with Gasteiger partial charge < -0.3 is 5.73 Å². The van der Waals surface area contributed by atoms with Crippen LogP contribution >= 0.6 is 0 Å². The van der Waals surface area contributed by atoms with Crippen LogP contribution in [0.2, 0.25) is 0 Å². The molecule has 2 N–H and O–H groups in total. The molecule has 1 aliphatic carbocycles. The van der Waals surface area contributed by atoms with Crippen molar-refractivity contribution in [2.75, 3.05) is 0 Å². The van der Waals surface area contributed by atoms with E-state index >= 15 is 0 Å². The zero-order valence-electron chi connectivity index (χ0n) is 4.66. The van der Waals surface area contributed by atoms with E-state index in [2.05, 4.69) is 0 Å². The molecule has 0 atom stereocenters. The average Bonchev–Trinajstić information content (AvgIpc) is 2.40. The third-order valence-electron chi connectivity index (χ3n) is 1.53. The number of rotatable bonds is 2. The minimum absolute atomic E-state index is 0.404. The molecule has 0 aromatic heterocycles. The third-order valence-corrected chi connectivity index (χ3v) is 2.90. The normalized spacial score (nSPS) is 21.9. The molecule has 1 fully saturated rings. The van der Waals surface area contributed by atoms with Crippen molar-refractivity contribution in [2.45, 2.75) is 17.6 Å². The number of hydrogen-bond donors (Lipinski definition) is 2. The van der Waals surface area contributed by atoms with Crippen LogP contribution in [-0.4, -0.2) is 19.1 Å². The van der Waals surface area contributed by atoms with Crippen molar-refractivity contribution in [3.05, 3.63) is 0 Å². The standard InChI is InChI=1S/C4H7NO3S/c5-3(6)4(1-2-4)9(7)8/h9H,1-2H2,(H2,5,6). The van der Waals surface area contributed by atoms with E-state index < -0.39 is 21.4 Å². The van der Waals surface area contributed by atoms with Gasteiger partial charge in [-0.2, -0.15) is 0 Å². The molecule has 1 saturated carbocycles. The Morgan fingerprint density at radius 1 is 1.44 bits per heavy atom. The summed E-state index contributed by atoms with van der Waals surface area (Å²) >= 11 is 0. The van der Waals surface area contributed by atoms with Crippen LogP contribution in [0.15, 0.2) is 0 Å². The topological polar surface area (TPSA) is 77.2 Å². The molecule has 0 aromatic carbocycles. The van der Waals surface area contributed by atoms with Crippen molar-refractivity contribution >= 4 is 16.6 Å². The number of thiol groups is 1. The van der Waals surface area contributed by atoms with Gasteiger partial charge in [0.1, 0.15) is 4.75 Å². The summed E-state index contributed by atoms with van der Waals surface area (Å²) in [5.41, 5.74) is 4.81. The Bertz CT molecular complexity index is 208. The van der Waals surface area contributed by atoms with Crippen LogP contribution in [-0.2, 0) is 15.5 Å². The lowest BCUT2D eigenvalue weighted by molar-refractivity contribution is -0.118. The van der Waals surface area contributed by atoms with E-state index in [1.807, 2.05) is 0 Å². The molecule has 0 aliphatic heterocycles. The zero-order valence-corrected chi connectivity index (χ0v) is 5.56. The molecular weight excluding hydrogens is 142 g/mol. The Balaban J connectivity index is 2.87. The zero-order chi connectivity index (χ0) is 7.07. The van der Waals surface area contributed by atoms with Gasteiger partial charge >= 0.3 is 0 Å². The van der Waals surface area contributed by atoms with Crippen LogP contribution in [0.4, 0.5) is 0 Å². The maximum Gasteiger partial charge on any atom is 0.238 e. The van der Waals surface area contributed by atoms with E-state index in [1.165, 1.54) is 0 Å². The first-order valence-electron chi connectivity index (χ1n) is 2.54. The molecule has 1 amide bonds. The first-order valence-corrected chi connectivity index (χ1v) is 3.72. The molecule has 52 valence electrons. The van der Waals surface area contributed by atoms with Gasteiger partial charge in [0.2, 0.25) is 5.91 Å². The average molecular weight is 149 g/mol. The molecule has 9 heavy (non-hydrogen) atoms. The highest BCUT2D eigenvalue weighted by atomic mass is 32.2. The number of primary amides is 1. The molecule has 0 heterocycles. The predicted molar refractivity (Wildman–Crippen MR) is 31.5 cm³/mol. The highest BCUT2D eigenvalue weighted by molar-refractivity contribution is 7.75. The first-order chi connectivity index (χ1) is 4.09. The van der Waals surface area contributed by atoms with Crippen LogP contribution in [0.3, 0.4) is 0 Å². The van der Waals surface area contributed by atoms with E-state index in [9.17, 15) is 13.2 Å². The van der Waals surface area contributed by atoms with Crippen molar-refractivity contribution in [2.24, 2.45) is 5.73 Å².